The quantitative estimate of drug-likeness (QED) is 0.547. The van der Waals surface area contributed by atoms with E-state index in [9.17, 15) is 10.2 Å². The number of oxazole rings is 1. The van der Waals surface area contributed by atoms with E-state index in [1.54, 1.807) is 6.08 Å². The Hall–Kier alpha value is -2.26. The molecule has 192 valence electrons. The molecular weight excluding hydrogens is 461 g/mol. The van der Waals surface area contributed by atoms with E-state index in [0.29, 0.717) is 43.3 Å². The number of likely N-dealkylation sites (N-methyl/N-ethyl adjacent to an activating group) is 1. The van der Waals surface area contributed by atoms with Crippen molar-refractivity contribution in [2.75, 3.05) is 19.8 Å². The van der Waals surface area contributed by atoms with Crippen LogP contribution in [0.5, 0.6) is 0 Å². The van der Waals surface area contributed by atoms with Crippen molar-refractivity contribution in [1.29, 1.82) is 0 Å². The van der Waals surface area contributed by atoms with Gasteiger partial charge in [0.2, 0.25) is 0 Å². The van der Waals surface area contributed by atoms with Crippen LogP contribution in [0.4, 0.5) is 10.4 Å². The van der Waals surface area contributed by atoms with E-state index in [0.717, 1.165) is 17.5 Å². The Morgan fingerprint density at radius 3 is 2.75 bits per heavy atom. The number of allylic oxidation sites excluding steroid dienone is 2. The Kier molecular flexibility index (Phi) is 4.44. The number of hydrogen-bond acceptors (Lipinski definition) is 7. The summed E-state index contributed by atoms with van der Waals surface area (Å²) < 4.78 is 29.6. The Morgan fingerprint density at radius 2 is 1.97 bits per heavy atom. The van der Waals surface area contributed by atoms with E-state index >= 15 is 4.39 Å². The molecule has 3 heterocycles. The molecule has 2 spiro atoms. The van der Waals surface area contributed by atoms with Gasteiger partial charge in [0.15, 0.2) is 11.3 Å². The number of benzene rings is 1. The van der Waals surface area contributed by atoms with Gasteiger partial charge in [0.25, 0.3) is 6.01 Å². The van der Waals surface area contributed by atoms with Crippen molar-refractivity contribution in [2.24, 2.45) is 11.3 Å². The number of nitrogen functional groups attached to an aromatic ring is 1. The number of hydrogen-bond donors (Lipinski definition) is 3. The molecule has 0 radical (unpaired) electrons. The van der Waals surface area contributed by atoms with Gasteiger partial charge in [-0.3, -0.25) is 0 Å². The largest absolute Gasteiger partial charge is 0.424 e. The Morgan fingerprint density at radius 1 is 1.17 bits per heavy atom. The fraction of sp³-hybridized carbons (Fsp3) is 0.607. The lowest BCUT2D eigenvalue weighted by Gasteiger charge is -2.60. The predicted octanol–water partition coefficient (Wildman–Crippen LogP) is 3.61. The molecule has 1 aromatic carbocycles. The summed E-state index contributed by atoms with van der Waals surface area (Å²) in [6, 6.07) is 5.85. The number of nitrogens with zero attached hydrogens (tertiary/aromatic N) is 2. The number of halogens is 1. The van der Waals surface area contributed by atoms with E-state index in [2.05, 4.69) is 18.0 Å². The Labute approximate surface area is 209 Å². The molecule has 1 saturated heterocycles. The van der Waals surface area contributed by atoms with Crippen LogP contribution >= 0.6 is 0 Å². The monoisotopic (exact) mass is 495 g/mol. The minimum atomic E-state index is -1.67. The normalized spacial score (nSPS) is 45.3. The standard InChI is InChI=1S/C28H34FN3O4/c1-25-8-10-27(29)13-17-22(33)23(34)19(32(2)3)14-26(17)9-11-28(27,36-26)21(25)7-5-16(25)15-4-6-20-18(12-15)31-24(30)35-20/h4-6,12-13,19,21-23,33-34H,7-11,14H2,1-3H3,(H2,30,31)/t19-,21?,22+,23+,25+,26+,27?,28-/m0/s1. The summed E-state index contributed by atoms with van der Waals surface area (Å²) in [5, 5.41) is 21.9. The van der Waals surface area contributed by atoms with Crippen molar-refractivity contribution in [3.63, 3.8) is 0 Å². The first-order valence-corrected chi connectivity index (χ1v) is 13.0. The number of aromatic nitrogens is 1. The number of fused-ring (bicyclic) bond motifs is 2. The average Bonchev–Trinajstić information content (AvgIpc) is 3.49. The lowest BCUT2D eigenvalue weighted by Crippen LogP contribution is -2.68. The van der Waals surface area contributed by atoms with Crippen LogP contribution in [0.3, 0.4) is 0 Å². The van der Waals surface area contributed by atoms with E-state index < -0.39 is 29.1 Å². The molecule has 3 fully saturated rings. The zero-order valence-electron chi connectivity index (χ0n) is 21.0. The number of rotatable bonds is 2. The third-order valence-electron chi connectivity index (χ3n) is 10.4. The second-order valence-electron chi connectivity index (χ2n) is 12.2. The molecule has 36 heavy (non-hydrogen) atoms. The van der Waals surface area contributed by atoms with Gasteiger partial charge in [-0.25, -0.2) is 4.39 Å². The van der Waals surface area contributed by atoms with Crippen molar-refractivity contribution in [1.82, 2.24) is 9.88 Å². The van der Waals surface area contributed by atoms with Crippen LogP contribution in [0.15, 0.2) is 40.3 Å². The van der Waals surface area contributed by atoms with Crippen LogP contribution in [0, 0.1) is 11.3 Å². The molecule has 8 atom stereocenters. The van der Waals surface area contributed by atoms with Gasteiger partial charge >= 0.3 is 0 Å². The molecule has 2 bridgehead atoms. The molecule has 2 saturated carbocycles. The summed E-state index contributed by atoms with van der Waals surface area (Å²) >= 11 is 0. The number of anilines is 1. The van der Waals surface area contributed by atoms with E-state index in [1.807, 2.05) is 37.2 Å². The van der Waals surface area contributed by atoms with Crippen LogP contribution in [0.2, 0.25) is 0 Å². The molecule has 0 amide bonds. The second-order valence-corrected chi connectivity index (χ2v) is 12.2. The lowest BCUT2D eigenvalue weighted by molar-refractivity contribution is -0.239. The number of aliphatic hydroxyl groups is 2. The SMILES string of the molecule is CN(C)[C@H]1C[C@@]23CC[C@]4(O2)C2CC=C(c5ccc6oc(N)nc6c5)[C@@]2(C)CCC4(F)C=C3[C@@H](O)[C@@H]1O. The van der Waals surface area contributed by atoms with Gasteiger partial charge in [-0.05, 0) is 93.0 Å². The molecule has 1 aromatic heterocycles. The van der Waals surface area contributed by atoms with Crippen molar-refractivity contribution in [3.05, 3.63) is 41.5 Å². The highest BCUT2D eigenvalue weighted by molar-refractivity contribution is 5.83. The van der Waals surface area contributed by atoms with Crippen molar-refractivity contribution in [3.8, 4) is 0 Å². The summed E-state index contributed by atoms with van der Waals surface area (Å²) in [6.45, 7) is 2.25. The smallest absolute Gasteiger partial charge is 0.292 e. The highest BCUT2D eigenvalue weighted by Gasteiger charge is 2.74. The van der Waals surface area contributed by atoms with Crippen LogP contribution in [-0.4, -0.2) is 69.3 Å². The van der Waals surface area contributed by atoms with Gasteiger partial charge in [0.1, 0.15) is 17.2 Å². The van der Waals surface area contributed by atoms with Crippen molar-refractivity contribution < 1.29 is 23.8 Å². The van der Waals surface area contributed by atoms with Gasteiger partial charge in [-0.15, -0.1) is 0 Å². The molecule has 2 aliphatic heterocycles. The second kappa shape index (κ2) is 6.98. The zero-order valence-corrected chi connectivity index (χ0v) is 21.0. The van der Waals surface area contributed by atoms with Crippen LogP contribution in [0.1, 0.15) is 51.0 Å². The zero-order chi connectivity index (χ0) is 25.3. The molecule has 7 nitrogen and oxygen atoms in total. The third kappa shape index (κ3) is 2.63. The minimum absolute atomic E-state index is 0.0317. The van der Waals surface area contributed by atoms with Gasteiger partial charge in [0.05, 0.1) is 11.7 Å². The summed E-state index contributed by atoms with van der Waals surface area (Å²) in [5.41, 5.74) is 6.33. The summed E-state index contributed by atoms with van der Waals surface area (Å²) in [7, 11) is 3.81. The third-order valence-corrected chi connectivity index (χ3v) is 10.4. The fourth-order valence-electron chi connectivity index (χ4n) is 8.54. The molecule has 4 N–H and O–H groups in total. The number of ether oxygens (including phenoxy) is 1. The molecular formula is C28H34FN3O4. The minimum Gasteiger partial charge on any atom is -0.424 e. The number of aliphatic hydroxyl groups excluding tert-OH is 2. The number of nitrogens with two attached hydrogens (primary N) is 1. The van der Waals surface area contributed by atoms with E-state index in [1.165, 1.54) is 5.57 Å². The fourth-order valence-corrected chi connectivity index (χ4v) is 8.54. The lowest BCUT2D eigenvalue weighted by atomic mass is 9.53. The number of alkyl halides is 1. The van der Waals surface area contributed by atoms with Gasteiger partial charge in [0, 0.05) is 12.0 Å². The predicted molar refractivity (Wildman–Crippen MR) is 134 cm³/mol. The van der Waals surface area contributed by atoms with E-state index in [-0.39, 0.29) is 23.4 Å². The van der Waals surface area contributed by atoms with Crippen molar-refractivity contribution >= 4 is 22.7 Å². The Bertz CT molecular complexity index is 1340. The van der Waals surface area contributed by atoms with Gasteiger partial charge in [-0.1, -0.05) is 19.1 Å². The molecule has 2 unspecified atom stereocenters. The Balaban J connectivity index is 1.30. The first-order valence-electron chi connectivity index (χ1n) is 13.0. The maximum atomic E-state index is 17.1. The van der Waals surface area contributed by atoms with Crippen molar-refractivity contribution in [2.45, 2.75) is 80.6 Å². The first kappa shape index (κ1) is 22.9. The maximum Gasteiger partial charge on any atom is 0.292 e. The molecule has 2 aromatic rings. The summed E-state index contributed by atoms with van der Waals surface area (Å²) in [6.07, 6.45) is 5.37. The molecule has 8 heteroatoms. The van der Waals surface area contributed by atoms with Crippen LogP contribution in [-0.2, 0) is 4.74 Å². The van der Waals surface area contributed by atoms with E-state index in [4.69, 9.17) is 14.9 Å². The topological polar surface area (TPSA) is 105 Å². The van der Waals surface area contributed by atoms with Gasteiger partial charge in [-0.2, -0.15) is 4.98 Å². The van der Waals surface area contributed by atoms with Crippen LogP contribution < -0.4 is 5.73 Å². The molecule has 5 aliphatic rings. The molecule has 7 rings (SSSR count). The maximum absolute atomic E-state index is 17.1. The van der Waals surface area contributed by atoms with Crippen LogP contribution in [0.25, 0.3) is 16.7 Å². The summed E-state index contributed by atoms with van der Waals surface area (Å²) in [4.78, 5) is 6.25. The molecule has 3 aliphatic carbocycles. The summed E-state index contributed by atoms with van der Waals surface area (Å²) in [5.74, 6) is -0.0317. The first-order chi connectivity index (χ1) is 17.0. The van der Waals surface area contributed by atoms with Gasteiger partial charge < -0.3 is 30.0 Å². The highest BCUT2D eigenvalue weighted by atomic mass is 19.1. The highest BCUT2D eigenvalue weighted by Crippen LogP contribution is 2.71. The average molecular weight is 496 g/mol.